The monoisotopic (exact) mass is 208 g/mol. The molecule has 2 atom stereocenters. The standard InChI is InChI=1S/C11H20N4/c1-3-8-5-6-12-9(7-8)11-13-10(4-2)14-15-11/h8-9,12H,3-7H2,1-2H3,(H,13,14,15). The first-order valence-electron chi connectivity index (χ1n) is 5.98. The fraction of sp³-hybridized carbons (Fsp3) is 0.818. The second-order valence-electron chi connectivity index (χ2n) is 4.30. The average molecular weight is 208 g/mol. The number of aromatic nitrogens is 3. The lowest BCUT2D eigenvalue weighted by molar-refractivity contribution is 0.291. The Hall–Kier alpha value is -0.900. The van der Waals surface area contributed by atoms with Crippen LogP contribution in [0, 0.1) is 5.92 Å². The maximum Gasteiger partial charge on any atom is 0.167 e. The smallest absolute Gasteiger partial charge is 0.167 e. The van der Waals surface area contributed by atoms with Gasteiger partial charge in [0.25, 0.3) is 0 Å². The molecule has 0 aromatic carbocycles. The third-order valence-electron chi connectivity index (χ3n) is 3.29. The van der Waals surface area contributed by atoms with Crippen molar-refractivity contribution in [2.24, 2.45) is 5.92 Å². The summed E-state index contributed by atoms with van der Waals surface area (Å²) in [5.41, 5.74) is 0. The van der Waals surface area contributed by atoms with E-state index in [2.05, 4.69) is 34.3 Å². The molecule has 2 heterocycles. The molecule has 1 aliphatic heterocycles. The van der Waals surface area contributed by atoms with Crippen LogP contribution in [0.15, 0.2) is 0 Å². The molecule has 0 bridgehead atoms. The molecule has 2 unspecified atom stereocenters. The lowest BCUT2D eigenvalue weighted by Gasteiger charge is -2.27. The SMILES string of the molecule is CCc1nc(C2CC(CC)CCN2)n[nH]1. The van der Waals surface area contributed by atoms with E-state index < -0.39 is 0 Å². The van der Waals surface area contributed by atoms with Crippen LogP contribution in [0.5, 0.6) is 0 Å². The van der Waals surface area contributed by atoms with Gasteiger partial charge in [0.2, 0.25) is 0 Å². The molecule has 4 nitrogen and oxygen atoms in total. The molecular formula is C11H20N4. The first-order chi connectivity index (χ1) is 7.33. The van der Waals surface area contributed by atoms with Gasteiger partial charge in [-0.1, -0.05) is 20.3 Å². The highest BCUT2D eigenvalue weighted by Crippen LogP contribution is 2.27. The number of nitrogens with zero attached hydrogens (tertiary/aromatic N) is 2. The summed E-state index contributed by atoms with van der Waals surface area (Å²) in [6.45, 7) is 5.45. The van der Waals surface area contributed by atoms with Crippen LogP contribution < -0.4 is 5.32 Å². The van der Waals surface area contributed by atoms with Gasteiger partial charge >= 0.3 is 0 Å². The Balaban J connectivity index is 2.03. The van der Waals surface area contributed by atoms with Crippen molar-refractivity contribution in [3.63, 3.8) is 0 Å². The van der Waals surface area contributed by atoms with E-state index >= 15 is 0 Å². The molecule has 0 aliphatic carbocycles. The average Bonchev–Trinajstić information content (AvgIpc) is 2.78. The Morgan fingerprint density at radius 3 is 2.93 bits per heavy atom. The van der Waals surface area contributed by atoms with Crippen molar-refractivity contribution >= 4 is 0 Å². The molecule has 0 saturated carbocycles. The summed E-state index contributed by atoms with van der Waals surface area (Å²) in [4.78, 5) is 4.49. The second kappa shape index (κ2) is 4.75. The van der Waals surface area contributed by atoms with Gasteiger partial charge in [-0.3, -0.25) is 5.10 Å². The number of hydrogen-bond donors (Lipinski definition) is 2. The largest absolute Gasteiger partial charge is 0.307 e. The number of nitrogens with one attached hydrogen (secondary N) is 2. The van der Waals surface area contributed by atoms with Gasteiger partial charge in [0, 0.05) is 6.42 Å². The van der Waals surface area contributed by atoms with E-state index in [1.165, 1.54) is 19.3 Å². The third kappa shape index (κ3) is 2.37. The molecule has 0 spiro atoms. The van der Waals surface area contributed by atoms with E-state index in [0.717, 1.165) is 30.5 Å². The fourth-order valence-electron chi connectivity index (χ4n) is 2.19. The summed E-state index contributed by atoms with van der Waals surface area (Å²) >= 11 is 0. The third-order valence-corrected chi connectivity index (χ3v) is 3.29. The quantitative estimate of drug-likeness (QED) is 0.796. The van der Waals surface area contributed by atoms with Gasteiger partial charge in [0.1, 0.15) is 5.82 Å². The minimum Gasteiger partial charge on any atom is -0.307 e. The second-order valence-corrected chi connectivity index (χ2v) is 4.30. The number of H-pyrrole nitrogens is 1. The lowest BCUT2D eigenvalue weighted by Crippen LogP contribution is -2.32. The van der Waals surface area contributed by atoms with Gasteiger partial charge in [-0.25, -0.2) is 4.98 Å². The predicted octanol–water partition coefficient (Wildman–Crippen LogP) is 1.82. The van der Waals surface area contributed by atoms with Crippen molar-refractivity contribution in [2.75, 3.05) is 6.54 Å². The molecule has 2 rings (SSSR count). The molecule has 1 aliphatic rings. The zero-order valence-corrected chi connectivity index (χ0v) is 9.58. The zero-order chi connectivity index (χ0) is 10.7. The molecular weight excluding hydrogens is 188 g/mol. The van der Waals surface area contributed by atoms with Crippen LogP contribution in [-0.2, 0) is 6.42 Å². The summed E-state index contributed by atoms with van der Waals surface area (Å²) in [6.07, 6.45) is 4.66. The summed E-state index contributed by atoms with van der Waals surface area (Å²) in [6, 6.07) is 0.361. The molecule has 1 fully saturated rings. The van der Waals surface area contributed by atoms with E-state index in [9.17, 15) is 0 Å². The van der Waals surface area contributed by atoms with Gasteiger partial charge in [-0.05, 0) is 25.3 Å². The summed E-state index contributed by atoms with van der Waals surface area (Å²) in [7, 11) is 0. The van der Waals surface area contributed by atoms with Gasteiger partial charge in [0.05, 0.1) is 6.04 Å². The van der Waals surface area contributed by atoms with Gasteiger partial charge in [-0.15, -0.1) is 0 Å². The minimum atomic E-state index is 0.361. The normalized spacial score (nSPS) is 26.8. The molecule has 84 valence electrons. The molecule has 15 heavy (non-hydrogen) atoms. The van der Waals surface area contributed by atoms with Crippen molar-refractivity contribution in [1.82, 2.24) is 20.5 Å². The van der Waals surface area contributed by atoms with Crippen LogP contribution in [0.2, 0.25) is 0 Å². The van der Waals surface area contributed by atoms with E-state index in [0.29, 0.717) is 6.04 Å². The Labute approximate surface area is 90.9 Å². The number of piperidine rings is 1. The van der Waals surface area contributed by atoms with Crippen molar-refractivity contribution in [3.8, 4) is 0 Å². The van der Waals surface area contributed by atoms with Crippen molar-refractivity contribution in [1.29, 1.82) is 0 Å². The molecule has 1 aromatic heterocycles. The zero-order valence-electron chi connectivity index (χ0n) is 9.58. The summed E-state index contributed by atoms with van der Waals surface area (Å²) < 4.78 is 0. The summed E-state index contributed by atoms with van der Waals surface area (Å²) in [5, 5.41) is 10.8. The van der Waals surface area contributed by atoms with E-state index in [1.54, 1.807) is 0 Å². The maximum absolute atomic E-state index is 4.49. The van der Waals surface area contributed by atoms with E-state index in [4.69, 9.17) is 0 Å². The first-order valence-corrected chi connectivity index (χ1v) is 5.98. The van der Waals surface area contributed by atoms with Crippen LogP contribution in [0.25, 0.3) is 0 Å². The molecule has 0 radical (unpaired) electrons. The van der Waals surface area contributed by atoms with Gasteiger partial charge in [-0.2, -0.15) is 5.10 Å². The van der Waals surface area contributed by atoms with Crippen LogP contribution in [0.3, 0.4) is 0 Å². The van der Waals surface area contributed by atoms with E-state index in [1.807, 2.05) is 0 Å². The molecule has 0 amide bonds. The van der Waals surface area contributed by atoms with Crippen LogP contribution in [-0.4, -0.2) is 21.7 Å². The Kier molecular flexibility index (Phi) is 3.36. The van der Waals surface area contributed by atoms with Crippen molar-refractivity contribution < 1.29 is 0 Å². The first kappa shape index (κ1) is 10.6. The highest BCUT2D eigenvalue weighted by atomic mass is 15.2. The number of aromatic amines is 1. The minimum absolute atomic E-state index is 0.361. The van der Waals surface area contributed by atoms with Gasteiger partial charge in [0.15, 0.2) is 5.82 Å². The highest BCUT2D eigenvalue weighted by Gasteiger charge is 2.24. The maximum atomic E-state index is 4.49. The van der Waals surface area contributed by atoms with Crippen molar-refractivity contribution in [3.05, 3.63) is 11.6 Å². The van der Waals surface area contributed by atoms with Crippen LogP contribution >= 0.6 is 0 Å². The van der Waals surface area contributed by atoms with Gasteiger partial charge < -0.3 is 5.32 Å². The number of hydrogen-bond acceptors (Lipinski definition) is 3. The van der Waals surface area contributed by atoms with Crippen LogP contribution in [0.1, 0.15) is 50.8 Å². The Morgan fingerprint density at radius 1 is 1.40 bits per heavy atom. The molecule has 1 aromatic rings. The molecule has 1 saturated heterocycles. The summed E-state index contributed by atoms with van der Waals surface area (Å²) in [5.74, 6) is 2.77. The Morgan fingerprint density at radius 2 is 2.27 bits per heavy atom. The highest BCUT2D eigenvalue weighted by molar-refractivity contribution is 4.98. The topological polar surface area (TPSA) is 53.6 Å². The molecule has 2 N–H and O–H groups in total. The van der Waals surface area contributed by atoms with Crippen molar-refractivity contribution in [2.45, 2.75) is 45.6 Å². The Bertz CT molecular complexity index is 307. The lowest BCUT2D eigenvalue weighted by atomic mass is 9.90. The van der Waals surface area contributed by atoms with E-state index in [-0.39, 0.29) is 0 Å². The number of rotatable bonds is 3. The predicted molar refractivity (Wildman–Crippen MR) is 59.5 cm³/mol. The molecule has 4 heteroatoms. The van der Waals surface area contributed by atoms with Crippen LogP contribution in [0.4, 0.5) is 0 Å². The number of aryl methyl sites for hydroxylation is 1. The fourth-order valence-corrected chi connectivity index (χ4v) is 2.19.